The monoisotopic (exact) mass is 364 g/mol. The third-order valence-corrected chi connectivity index (χ3v) is 5.01. The van der Waals surface area contributed by atoms with E-state index in [0.29, 0.717) is 50.2 Å². The first kappa shape index (κ1) is 18.8. The zero-order valence-corrected chi connectivity index (χ0v) is 15.5. The standard InChI is InChI=1S/C19H28N2O5/c1-3-19(2,17-25-11-12-26-17)7-4-8-20-18(22)21-14-5-6-15-16(13-14)24-10-9-23-15/h5-6,13,17H,3-4,7-12H2,1-2H3,(H2,20,21,22)/t19-/m1/s1. The molecular formula is C19H28N2O5. The van der Waals surface area contributed by atoms with Crippen LogP contribution in [-0.2, 0) is 9.47 Å². The van der Waals surface area contributed by atoms with Gasteiger partial charge in [-0.25, -0.2) is 4.79 Å². The summed E-state index contributed by atoms with van der Waals surface area (Å²) in [5.74, 6) is 1.36. The summed E-state index contributed by atoms with van der Waals surface area (Å²) in [5.41, 5.74) is 0.655. The molecule has 1 fully saturated rings. The molecule has 2 aliphatic rings. The highest BCUT2D eigenvalue weighted by molar-refractivity contribution is 5.89. The summed E-state index contributed by atoms with van der Waals surface area (Å²) < 4.78 is 22.3. The van der Waals surface area contributed by atoms with Gasteiger partial charge >= 0.3 is 6.03 Å². The summed E-state index contributed by atoms with van der Waals surface area (Å²) in [6, 6.07) is 5.15. The minimum absolute atomic E-state index is 0.0233. The van der Waals surface area contributed by atoms with Crippen molar-refractivity contribution in [1.29, 1.82) is 0 Å². The molecule has 0 unspecified atom stereocenters. The van der Waals surface area contributed by atoms with Crippen LogP contribution in [0.2, 0.25) is 0 Å². The highest BCUT2D eigenvalue weighted by atomic mass is 16.7. The number of rotatable bonds is 7. The second kappa shape index (κ2) is 8.60. The van der Waals surface area contributed by atoms with Gasteiger partial charge < -0.3 is 29.6 Å². The van der Waals surface area contributed by atoms with Crippen LogP contribution in [0, 0.1) is 5.41 Å². The molecular weight excluding hydrogens is 336 g/mol. The third kappa shape index (κ3) is 4.59. The van der Waals surface area contributed by atoms with Crippen LogP contribution >= 0.6 is 0 Å². The van der Waals surface area contributed by atoms with Crippen molar-refractivity contribution in [2.45, 2.75) is 39.4 Å². The van der Waals surface area contributed by atoms with Crippen molar-refractivity contribution in [3.63, 3.8) is 0 Å². The van der Waals surface area contributed by atoms with E-state index in [1.54, 1.807) is 18.2 Å². The Morgan fingerprint density at radius 1 is 1.15 bits per heavy atom. The van der Waals surface area contributed by atoms with Crippen molar-refractivity contribution in [2.75, 3.05) is 38.3 Å². The van der Waals surface area contributed by atoms with E-state index in [4.69, 9.17) is 18.9 Å². The number of benzene rings is 1. The molecule has 0 aliphatic carbocycles. The molecule has 1 atom stereocenters. The van der Waals surface area contributed by atoms with Crippen LogP contribution in [-0.4, -0.2) is 45.3 Å². The number of ether oxygens (including phenoxy) is 4. The Bertz CT molecular complexity index is 618. The van der Waals surface area contributed by atoms with Gasteiger partial charge in [-0.1, -0.05) is 13.8 Å². The molecule has 2 heterocycles. The molecule has 0 saturated carbocycles. The van der Waals surface area contributed by atoms with Crippen molar-refractivity contribution in [1.82, 2.24) is 5.32 Å². The van der Waals surface area contributed by atoms with Gasteiger partial charge in [0.1, 0.15) is 13.2 Å². The van der Waals surface area contributed by atoms with Gasteiger partial charge in [-0.2, -0.15) is 0 Å². The number of hydrogen-bond donors (Lipinski definition) is 2. The smallest absolute Gasteiger partial charge is 0.319 e. The van der Waals surface area contributed by atoms with Crippen LogP contribution in [0.5, 0.6) is 11.5 Å². The summed E-state index contributed by atoms with van der Waals surface area (Å²) in [4.78, 5) is 12.1. The Morgan fingerprint density at radius 2 is 1.88 bits per heavy atom. The predicted molar refractivity (Wildman–Crippen MR) is 97.8 cm³/mol. The molecule has 3 rings (SSSR count). The maximum absolute atomic E-state index is 12.1. The van der Waals surface area contributed by atoms with E-state index in [2.05, 4.69) is 24.5 Å². The lowest BCUT2D eigenvalue weighted by molar-refractivity contribution is -0.131. The molecule has 7 nitrogen and oxygen atoms in total. The van der Waals surface area contributed by atoms with E-state index in [1.807, 2.05) is 0 Å². The maximum Gasteiger partial charge on any atom is 0.319 e. The highest BCUT2D eigenvalue weighted by Gasteiger charge is 2.36. The Labute approximate surface area is 154 Å². The van der Waals surface area contributed by atoms with E-state index in [0.717, 1.165) is 19.3 Å². The Hall–Kier alpha value is -1.99. The average molecular weight is 364 g/mol. The molecule has 0 aromatic heterocycles. The summed E-state index contributed by atoms with van der Waals surface area (Å²) in [6.45, 7) is 7.32. The summed E-state index contributed by atoms with van der Waals surface area (Å²) >= 11 is 0. The van der Waals surface area contributed by atoms with Gasteiger partial charge in [-0.05, 0) is 31.4 Å². The molecule has 2 amide bonds. The van der Waals surface area contributed by atoms with Crippen molar-refractivity contribution in [3.8, 4) is 11.5 Å². The SMILES string of the molecule is CC[C@](C)(CCCNC(=O)Nc1ccc2c(c1)OCCO2)C1OCCO1. The van der Waals surface area contributed by atoms with E-state index in [9.17, 15) is 4.79 Å². The zero-order valence-electron chi connectivity index (χ0n) is 15.5. The molecule has 7 heteroatoms. The maximum atomic E-state index is 12.1. The summed E-state index contributed by atoms with van der Waals surface area (Å²) in [5, 5.41) is 5.72. The van der Waals surface area contributed by atoms with Gasteiger partial charge in [-0.15, -0.1) is 0 Å². The third-order valence-electron chi connectivity index (χ3n) is 5.01. The molecule has 144 valence electrons. The van der Waals surface area contributed by atoms with Crippen molar-refractivity contribution in [3.05, 3.63) is 18.2 Å². The average Bonchev–Trinajstić information content (AvgIpc) is 3.20. The number of carbonyl (C=O) groups is 1. The van der Waals surface area contributed by atoms with Gasteiger partial charge in [0.05, 0.1) is 13.2 Å². The van der Waals surface area contributed by atoms with Gasteiger partial charge in [0.2, 0.25) is 0 Å². The fourth-order valence-corrected chi connectivity index (χ4v) is 3.21. The van der Waals surface area contributed by atoms with Gasteiger partial charge in [0.25, 0.3) is 0 Å². The van der Waals surface area contributed by atoms with Crippen LogP contribution < -0.4 is 20.1 Å². The molecule has 0 bridgehead atoms. The second-order valence-corrected chi connectivity index (χ2v) is 6.92. The number of amides is 2. The van der Waals surface area contributed by atoms with Gasteiger partial charge in [0.15, 0.2) is 17.8 Å². The van der Waals surface area contributed by atoms with Crippen molar-refractivity contribution in [2.24, 2.45) is 5.41 Å². The predicted octanol–water partition coefficient (Wildman–Crippen LogP) is 3.15. The molecule has 1 aromatic rings. The Balaban J connectivity index is 1.41. The highest BCUT2D eigenvalue weighted by Crippen LogP contribution is 2.36. The van der Waals surface area contributed by atoms with Crippen LogP contribution in [0.25, 0.3) is 0 Å². The molecule has 2 N–H and O–H groups in total. The number of nitrogens with one attached hydrogen (secondary N) is 2. The topological polar surface area (TPSA) is 78.1 Å². The first-order chi connectivity index (χ1) is 12.6. The lowest BCUT2D eigenvalue weighted by Crippen LogP contribution is -2.35. The zero-order chi connectivity index (χ0) is 18.4. The minimum atomic E-state index is -0.228. The van der Waals surface area contributed by atoms with E-state index >= 15 is 0 Å². The van der Waals surface area contributed by atoms with Gasteiger partial charge in [-0.3, -0.25) is 0 Å². The van der Waals surface area contributed by atoms with Crippen LogP contribution in [0.4, 0.5) is 10.5 Å². The summed E-state index contributed by atoms with van der Waals surface area (Å²) in [6.07, 6.45) is 2.63. The lowest BCUT2D eigenvalue weighted by atomic mass is 9.82. The van der Waals surface area contributed by atoms with Crippen LogP contribution in [0.3, 0.4) is 0 Å². The van der Waals surface area contributed by atoms with Crippen LogP contribution in [0.1, 0.15) is 33.1 Å². The minimum Gasteiger partial charge on any atom is -0.486 e. The van der Waals surface area contributed by atoms with Crippen LogP contribution in [0.15, 0.2) is 18.2 Å². The molecule has 1 saturated heterocycles. The lowest BCUT2D eigenvalue weighted by Gasteiger charge is -2.33. The number of anilines is 1. The van der Waals surface area contributed by atoms with Gasteiger partial charge in [0, 0.05) is 23.7 Å². The number of fused-ring (bicyclic) bond motifs is 1. The largest absolute Gasteiger partial charge is 0.486 e. The number of hydrogen-bond acceptors (Lipinski definition) is 5. The van der Waals surface area contributed by atoms with E-state index < -0.39 is 0 Å². The number of carbonyl (C=O) groups excluding carboxylic acids is 1. The fourth-order valence-electron chi connectivity index (χ4n) is 3.21. The normalized spacial score (nSPS) is 19.0. The number of urea groups is 1. The molecule has 0 radical (unpaired) electrons. The van der Waals surface area contributed by atoms with E-state index in [1.165, 1.54) is 0 Å². The van der Waals surface area contributed by atoms with Crippen molar-refractivity contribution >= 4 is 11.7 Å². The Morgan fingerprint density at radius 3 is 2.62 bits per heavy atom. The first-order valence-electron chi connectivity index (χ1n) is 9.28. The quantitative estimate of drug-likeness (QED) is 0.727. The second-order valence-electron chi connectivity index (χ2n) is 6.92. The molecule has 0 spiro atoms. The van der Waals surface area contributed by atoms with E-state index in [-0.39, 0.29) is 17.7 Å². The van der Waals surface area contributed by atoms with Crippen molar-refractivity contribution < 1.29 is 23.7 Å². The molecule has 1 aromatic carbocycles. The summed E-state index contributed by atoms with van der Waals surface area (Å²) in [7, 11) is 0. The molecule has 2 aliphatic heterocycles. The molecule has 26 heavy (non-hydrogen) atoms. The Kier molecular flexibility index (Phi) is 6.21. The fraction of sp³-hybridized carbons (Fsp3) is 0.632. The first-order valence-corrected chi connectivity index (χ1v) is 9.28.